The van der Waals surface area contributed by atoms with Gasteiger partial charge >= 0.3 is 5.69 Å². The zero-order valence-electron chi connectivity index (χ0n) is 18.2. The highest BCUT2D eigenvalue weighted by Gasteiger charge is 2.17. The van der Waals surface area contributed by atoms with E-state index in [1.54, 1.807) is 7.05 Å². The first-order valence-electron chi connectivity index (χ1n) is 9.76. The maximum Gasteiger partial charge on any atom is 0.368 e. The lowest BCUT2D eigenvalue weighted by atomic mass is 9.96. The molecule has 0 fully saturated rings. The van der Waals surface area contributed by atoms with Crippen molar-refractivity contribution in [3.05, 3.63) is 69.1 Å². The normalized spacial score (nSPS) is 11.8. The summed E-state index contributed by atoms with van der Waals surface area (Å²) in [6, 6.07) is 11.7. The minimum Gasteiger partial charge on any atom is -0.489 e. The minimum atomic E-state index is -0.300. The summed E-state index contributed by atoms with van der Waals surface area (Å²) in [5.41, 5.74) is 5.14. The van der Waals surface area contributed by atoms with E-state index in [1.807, 2.05) is 44.2 Å². The van der Waals surface area contributed by atoms with Crippen molar-refractivity contribution in [3.8, 4) is 11.4 Å². The molecule has 158 valence electrons. The number of ether oxygens (including phenoxy) is 1. The third kappa shape index (κ3) is 4.27. The third-order valence-corrected chi connectivity index (χ3v) is 4.95. The molecule has 0 saturated heterocycles. The summed E-state index contributed by atoms with van der Waals surface area (Å²) >= 11 is 0. The van der Waals surface area contributed by atoms with Gasteiger partial charge in [0.2, 0.25) is 0 Å². The number of aryl methyl sites for hydroxylation is 2. The highest BCUT2D eigenvalue weighted by atomic mass is 16.6. The monoisotopic (exact) mass is 409 g/mol. The second-order valence-electron chi connectivity index (χ2n) is 7.42. The van der Waals surface area contributed by atoms with Gasteiger partial charge in [-0.25, -0.2) is 4.79 Å². The lowest BCUT2D eigenvalue weighted by molar-refractivity contribution is 0.213. The molecule has 0 N–H and O–H groups in total. The molecule has 0 aliphatic carbocycles. The van der Waals surface area contributed by atoms with Gasteiger partial charge in [0.05, 0.1) is 11.4 Å². The summed E-state index contributed by atoms with van der Waals surface area (Å²) in [6.07, 6.45) is 0. The largest absolute Gasteiger partial charge is 0.489 e. The van der Waals surface area contributed by atoms with Gasteiger partial charge in [-0.1, -0.05) is 31.1 Å². The molecule has 0 atom stereocenters. The van der Waals surface area contributed by atoms with Gasteiger partial charge < -0.3 is 9.57 Å². The Kier molecular flexibility index (Phi) is 6.34. The highest BCUT2D eigenvalue weighted by molar-refractivity contribution is 5.98. The fourth-order valence-electron chi connectivity index (χ4n) is 3.33. The van der Waals surface area contributed by atoms with E-state index in [9.17, 15) is 4.79 Å². The predicted molar refractivity (Wildman–Crippen MR) is 115 cm³/mol. The van der Waals surface area contributed by atoms with Gasteiger partial charge in [-0.2, -0.15) is 9.36 Å². The smallest absolute Gasteiger partial charge is 0.368 e. The molecule has 2 aromatic carbocycles. The third-order valence-electron chi connectivity index (χ3n) is 4.95. The number of hydrogen-bond acceptors (Lipinski definition) is 6. The van der Waals surface area contributed by atoms with Crippen LogP contribution in [0.4, 0.5) is 0 Å². The molecule has 1 aromatic heterocycles. The van der Waals surface area contributed by atoms with E-state index in [1.165, 1.54) is 16.5 Å². The zero-order chi connectivity index (χ0) is 21.8. The average Bonchev–Trinajstić information content (AvgIpc) is 3.05. The van der Waals surface area contributed by atoms with Crippen LogP contribution >= 0.6 is 0 Å². The van der Waals surface area contributed by atoms with Crippen LogP contribution in [0.5, 0.6) is 5.75 Å². The number of oxime groups is 1. The molecule has 8 heteroatoms. The van der Waals surface area contributed by atoms with Crippen LogP contribution in [-0.4, -0.2) is 32.6 Å². The van der Waals surface area contributed by atoms with Crippen LogP contribution in [0.2, 0.25) is 0 Å². The fraction of sp³-hybridized carbons (Fsp3) is 0.364. The van der Waals surface area contributed by atoms with Crippen molar-refractivity contribution >= 4 is 5.71 Å². The van der Waals surface area contributed by atoms with Crippen molar-refractivity contribution < 1.29 is 9.57 Å². The zero-order valence-corrected chi connectivity index (χ0v) is 18.2. The van der Waals surface area contributed by atoms with Crippen LogP contribution < -0.4 is 10.4 Å². The van der Waals surface area contributed by atoms with Gasteiger partial charge in [0.15, 0.2) is 0 Å². The molecule has 0 bridgehead atoms. The molecular weight excluding hydrogens is 382 g/mol. The van der Waals surface area contributed by atoms with Crippen molar-refractivity contribution in [1.29, 1.82) is 0 Å². The van der Waals surface area contributed by atoms with Crippen LogP contribution in [0.1, 0.15) is 48.9 Å². The summed E-state index contributed by atoms with van der Waals surface area (Å²) < 4.78 is 8.69. The Hall–Kier alpha value is -3.42. The van der Waals surface area contributed by atoms with Gasteiger partial charge in [-0.15, -0.1) is 0 Å². The second kappa shape index (κ2) is 8.94. The molecule has 0 aliphatic rings. The molecule has 8 nitrogen and oxygen atoms in total. The van der Waals surface area contributed by atoms with E-state index in [2.05, 4.69) is 35.5 Å². The Labute approximate surface area is 175 Å². The molecule has 0 amide bonds. The van der Waals surface area contributed by atoms with Gasteiger partial charge in [0, 0.05) is 12.6 Å². The predicted octanol–water partition coefficient (Wildman–Crippen LogP) is 3.35. The molecule has 3 aromatic rings. The first-order chi connectivity index (χ1) is 14.3. The van der Waals surface area contributed by atoms with Gasteiger partial charge in [0.25, 0.3) is 0 Å². The van der Waals surface area contributed by atoms with Crippen LogP contribution in [-0.2, 0) is 18.5 Å². The second-order valence-corrected chi connectivity index (χ2v) is 7.42. The van der Waals surface area contributed by atoms with Crippen LogP contribution in [0.25, 0.3) is 5.69 Å². The molecule has 0 spiro atoms. The number of benzene rings is 2. The summed E-state index contributed by atoms with van der Waals surface area (Å²) in [4.78, 5) is 17.3. The van der Waals surface area contributed by atoms with Crippen molar-refractivity contribution in [2.75, 3.05) is 7.11 Å². The van der Waals surface area contributed by atoms with Crippen LogP contribution in [0, 0.1) is 6.92 Å². The number of nitrogens with zero attached hydrogens (tertiary/aromatic N) is 5. The first-order valence-corrected chi connectivity index (χ1v) is 9.76. The Balaban J connectivity index is 1.96. The van der Waals surface area contributed by atoms with E-state index in [0.29, 0.717) is 12.3 Å². The molecule has 0 saturated carbocycles. The van der Waals surface area contributed by atoms with Crippen LogP contribution in [0.15, 0.2) is 46.3 Å². The fourth-order valence-corrected chi connectivity index (χ4v) is 3.33. The van der Waals surface area contributed by atoms with Crippen LogP contribution in [0.3, 0.4) is 0 Å². The maximum atomic E-state index is 12.4. The molecule has 3 rings (SSSR count). The first kappa shape index (κ1) is 21.3. The highest BCUT2D eigenvalue weighted by Crippen LogP contribution is 2.27. The van der Waals surface area contributed by atoms with Crippen molar-refractivity contribution in [1.82, 2.24) is 19.8 Å². The minimum absolute atomic E-state index is 0.257. The number of hydrogen-bond donors (Lipinski definition) is 0. The lowest BCUT2D eigenvalue weighted by Gasteiger charge is -2.18. The molecular formula is C22H27N5O3. The van der Waals surface area contributed by atoms with E-state index >= 15 is 0 Å². The Morgan fingerprint density at radius 3 is 2.57 bits per heavy atom. The van der Waals surface area contributed by atoms with E-state index in [4.69, 9.17) is 9.57 Å². The number of tetrazole rings is 1. The summed E-state index contributed by atoms with van der Waals surface area (Å²) in [5, 5.41) is 11.8. The van der Waals surface area contributed by atoms with Crippen molar-refractivity contribution in [3.63, 3.8) is 0 Å². The van der Waals surface area contributed by atoms with E-state index in [-0.39, 0.29) is 11.6 Å². The molecule has 0 aliphatic heterocycles. The molecule has 30 heavy (non-hydrogen) atoms. The summed E-state index contributed by atoms with van der Waals surface area (Å²) in [7, 11) is 3.11. The Morgan fingerprint density at radius 1 is 1.20 bits per heavy atom. The molecule has 0 radical (unpaired) electrons. The van der Waals surface area contributed by atoms with Gasteiger partial charge in [-0.05, 0) is 71.1 Å². The van der Waals surface area contributed by atoms with Gasteiger partial charge in [0.1, 0.15) is 19.5 Å². The van der Waals surface area contributed by atoms with Crippen molar-refractivity contribution in [2.24, 2.45) is 12.2 Å². The van der Waals surface area contributed by atoms with E-state index in [0.717, 1.165) is 33.7 Å². The topological polar surface area (TPSA) is 83.5 Å². The standard InChI is InChI=1S/C22H27N5O3/c1-14(2)18-8-7-9-20(27-22(28)26(5)24-25-27)19(18)13-30-21-11-10-17(12-15(21)3)16(4)23-29-6/h7-12,14H,13H2,1-6H3/b23-16-. The SMILES string of the molecule is CO/N=C(/C)c1ccc(OCc2c(C(C)C)cccc2-n2nnn(C)c2=O)c(C)c1. The number of aromatic nitrogens is 4. The van der Waals surface area contributed by atoms with E-state index < -0.39 is 0 Å². The maximum absolute atomic E-state index is 12.4. The average molecular weight is 409 g/mol. The number of rotatable bonds is 7. The Morgan fingerprint density at radius 2 is 1.97 bits per heavy atom. The molecule has 0 unspecified atom stereocenters. The van der Waals surface area contributed by atoms with Gasteiger partial charge in [-0.3, -0.25) is 0 Å². The quantitative estimate of drug-likeness (QED) is 0.441. The summed E-state index contributed by atoms with van der Waals surface area (Å²) in [6.45, 7) is 8.40. The summed E-state index contributed by atoms with van der Waals surface area (Å²) in [5.74, 6) is 1.02. The lowest BCUT2D eigenvalue weighted by Crippen LogP contribution is -2.23. The van der Waals surface area contributed by atoms with Crippen molar-refractivity contribution in [2.45, 2.75) is 40.2 Å². The Bertz CT molecular complexity index is 1130. The molecule has 1 heterocycles.